The van der Waals surface area contributed by atoms with E-state index in [1.165, 1.54) is 5.56 Å². The first kappa shape index (κ1) is 16.0. The molecule has 1 saturated heterocycles. The van der Waals surface area contributed by atoms with Crippen LogP contribution in [-0.4, -0.2) is 37.1 Å². The van der Waals surface area contributed by atoms with Crippen molar-refractivity contribution in [1.82, 2.24) is 4.90 Å². The van der Waals surface area contributed by atoms with E-state index in [1.807, 2.05) is 32.3 Å². The van der Waals surface area contributed by atoms with E-state index in [2.05, 4.69) is 23.2 Å². The SMILES string of the molecule is CC1CCC(CCC(=O)Nc2cccc(CN(C)C)c2)O1. The molecule has 4 heteroatoms. The molecule has 1 amide bonds. The van der Waals surface area contributed by atoms with Crippen LogP contribution in [0, 0.1) is 0 Å². The van der Waals surface area contributed by atoms with Crippen molar-refractivity contribution < 1.29 is 9.53 Å². The summed E-state index contributed by atoms with van der Waals surface area (Å²) in [5, 5.41) is 2.98. The zero-order chi connectivity index (χ0) is 15.2. The minimum atomic E-state index is 0.0696. The van der Waals surface area contributed by atoms with E-state index in [0.29, 0.717) is 12.5 Å². The third-order valence-corrected chi connectivity index (χ3v) is 3.72. The average molecular weight is 290 g/mol. The number of amides is 1. The summed E-state index contributed by atoms with van der Waals surface area (Å²) < 4.78 is 5.74. The van der Waals surface area contributed by atoms with Crippen LogP contribution in [0.1, 0.15) is 38.2 Å². The molecule has 2 rings (SSSR count). The van der Waals surface area contributed by atoms with Crippen LogP contribution in [0.25, 0.3) is 0 Å². The monoisotopic (exact) mass is 290 g/mol. The highest BCUT2D eigenvalue weighted by Gasteiger charge is 2.22. The number of nitrogens with zero attached hydrogens (tertiary/aromatic N) is 1. The minimum absolute atomic E-state index is 0.0696. The predicted octanol–water partition coefficient (Wildman–Crippen LogP) is 3.03. The summed E-state index contributed by atoms with van der Waals surface area (Å²) in [6, 6.07) is 8.02. The molecule has 1 aliphatic heterocycles. The van der Waals surface area contributed by atoms with Crippen LogP contribution in [0.15, 0.2) is 24.3 Å². The number of hydrogen-bond acceptors (Lipinski definition) is 3. The summed E-state index contributed by atoms with van der Waals surface area (Å²) in [5.41, 5.74) is 2.07. The van der Waals surface area contributed by atoms with Gasteiger partial charge in [0.25, 0.3) is 0 Å². The van der Waals surface area contributed by atoms with Gasteiger partial charge in [-0.15, -0.1) is 0 Å². The lowest BCUT2D eigenvalue weighted by Gasteiger charge is -2.13. The summed E-state index contributed by atoms with van der Waals surface area (Å²) in [4.78, 5) is 14.1. The Balaban J connectivity index is 1.79. The lowest BCUT2D eigenvalue weighted by atomic mass is 10.1. The predicted molar refractivity (Wildman–Crippen MR) is 85.3 cm³/mol. The molecular weight excluding hydrogens is 264 g/mol. The van der Waals surface area contributed by atoms with Gasteiger partial charge in [-0.25, -0.2) is 0 Å². The lowest BCUT2D eigenvalue weighted by molar-refractivity contribution is -0.116. The van der Waals surface area contributed by atoms with Crippen LogP contribution in [0.2, 0.25) is 0 Å². The Morgan fingerprint density at radius 3 is 2.86 bits per heavy atom. The highest BCUT2D eigenvalue weighted by Crippen LogP contribution is 2.22. The van der Waals surface area contributed by atoms with Crippen molar-refractivity contribution in [2.75, 3.05) is 19.4 Å². The van der Waals surface area contributed by atoms with Crippen molar-refractivity contribution in [3.05, 3.63) is 29.8 Å². The van der Waals surface area contributed by atoms with Crippen LogP contribution in [0.4, 0.5) is 5.69 Å². The first-order valence-electron chi connectivity index (χ1n) is 7.72. The van der Waals surface area contributed by atoms with Crippen molar-refractivity contribution >= 4 is 11.6 Å². The number of rotatable bonds is 6. The molecule has 21 heavy (non-hydrogen) atoms. The number of hydrogen-bond donors (Lipinski definition) is 1. The third kappa shape index (κ3) is 5.48. The first-order valence-corrected chi connectivity index (χ1v) is 7.72. The molecule has 1 aromatic carbocycles. The topological polar surface area (TPSA) is 41.6 Å². The molecule has 2 atom stereocenters. The molecule has 0 bridgehead atoms. The molecule has 2 unspecified atom stereocenters. The highest BCUT2D eigenvalue weighted by atomic mass is 16.5. The fourth-order valence-electron chi connectivity index (χ4n) is 2.73. The smallest absolute Gasteiger partial charge is 0.224 e. The number of ether oxygens (including phenoxy) is 1. The van der Waals surface area contributed by atoms with E-state index in [9.17, 15) is 4.79 Å². The van der Waals surface area contributed by atoms with Crippen LogP contribution in [-0.2, 0) is 16.1 Å². The van der Waals surface area contributed by atoms with Gasteiger partial charge in [0.05, 0.1) is 12.2 Å². The Kier molecular flexibility index (Phi) is 5.76. The molecule has 0 aromatic heterocycles. The second-order valence-corrected chi connectivity index (χ2v) is 6.17. The summed E-state index contributed by atoms with van der Waals surface area (Å²) >= 11 is 0. The quantitative estimate of drug-likeness (QED) is 0.875. The number of carbonyl (C=O) groups excluding carboxylic acids is 1. The number of nitrogens with one attached hydrogen (secondary N) is 1. The molecule has 0 saturated carbocycles. The van der Waals surface area contributed by atoms with Crippen LogP contribution < -0.4 is 5.32 Å². The van der Waals surface area contributed by atoms with Crippen molar-refractivity contribution in [1.29, 1.82) is 0 Å². The fourth-order valence-corrected chi connectivity index (χ4v) is 2.73. The lowest BCUT2D eigenvalue weighted by Crippen LogP contribution is -2.16. The van der Waals surface area contributed by atoms with Gasteiger partial charge in [0.15, 0.2) is 0 Å². The highest BCUT2D eigenvalue weighted by molar-refractivity contribution is 5.90. The first-order chi connectivity index (χ1) is 10.0. The van der Waals surface area contributed by atoms with Gasteiger partial charge >= 0.3 is 0 Å². The maximum atomic E-state index is 12.0. The molecule has 1 aliphatic rings. The Morgan fingerprint density at radius 2 is 2.19 bits per heavy atom. The van der Waals surface area contributed by atoms with E-state index in [1.54, 1.807) is 0 Å². The van der Waals surface area contributed by atoms with E-state index >= 15 is 0 Å². The summed E-state index contributed by atoms with van der Waals surface area (Å²) in [7, 11) is 4.07. The molecule has 1 N–H and O–H groups in total. The van der Waals surface area contributed by atoms with Crippen LogP contribution >= 0.6 is 0 Å². The minimum Gasteiger partial charge on any atom is -0.375 e. The van der Waals surface area contributed by atoms with Crippen molar-refractivity contribution in [2.24, 2.45) is 0 Å². The molecule has 1 heterocycles. The molecule has 0 spiro atoms. The van der Waals surface area contributed by atoms with Gasteiger partial charge in [-0.05, 0) is 58.0 Å². The largest absolute Gasteiger partial charge is 0.375 e. The van der Waals surface area contributed by atoms with Gasteiger partial charge in [0.2, 0.25) is 5.91 Å². The van der Waals surface area contributed by atoms with Gasteiger partial charge in [-0.2, -0.15) is 0 Å². The zero-order valence-electron chi connectivity index (χ0n) is 13.3. The van der Waals surface area contributed by atoms with E-state index in [4.69, 9.17) is 4.74 Å². The molecule has 4 nitrogen and oxygen atoms in total. The molecule has 0 radical (unpaired) electrons. The van der Waals surface area contributed by atoms with E-state index < -0.39 is 0 Å². The van der Waals surface area contributed by atoms with Gasteiger partial charge in [-0.3, -0.25) is 4.79 Å². The normalized spacial score (nSPS) is 21.7. The molecule has 1 fully saturated rings. The van der Waals surface area contributed by atoms with Gasteiger partial charge in [0, 0.05) is 18.7 Å². The molecular formula is C17H26N2O2. The van der Waals surface area contributed by atoms with Gasteiger partial charge in [0.1, 0.15) is 0 Å². The maximum Gasteiger partial charge on any atom is 0.224 e. The summed E-state index contributed by atoms with van der Waals surface area (Å²) in [6.45, 7) is 2.97. The Morgan fingerprint density at radius 1 is 1.38 bits per heavy atom. The average Bonchev–Trinajstić information content (AvgIpc) is 2.82. The second kappa shape index (κ2) is 7.57. The molecule has 0 aliphatic carbocycles. The van der Waals surface area contributed by atoms with Crippen LogP contribution in [0.3, 0.4) is 0 Å². The van der Waals surface area contributed by atoms with Crippen molar-refractivity contribution in [2.45, 2.75) is 51.4 Å². The van der Waals surface area contributed by atoms with Crippen molar-refractivity contribution in [3.8, 4) is 0 Å². The number of benzene rings is 1. The van der Waals surface area contributed by atoms with Gasteiger partial charge in [-0.1, -0.05) is 12.1 Å². The summed E-state index contributed by atoms with van der Waals surface area (Å²) in [6.07, 6.45) is 4.13. The Bertz CT molecular complexity index is 474. The molecule has 116 valence electrons. The standard InChI is InChI=1S/C17H26N2O2/c1-13-7-8-16(21-13)9-10-17(20)18-15-6-4-5-14(11-15)12-19(2)3/h4-6,11,13,16H,7-10,12H2,1-3H3,(H,18,20). The number of anilines is 1. The zero-order valence-corrected chi connectivity index (χ0v) is 13.3. The second-order valence-electron chi connectivity index (χ2n) is 6.17. The summed E-state index contributed by atoms with van der Waals surface area (Å²) in [5.74, 6) is 0.0696. The molecule has 1 aromatic rings. The van der Waals surface area contributed by atoms with E-state index in [-0.39, 0.29) is 12.0 Å². The van der Waals surface area contributed by atoms with Crippen LogP contribution in [0.5, 0.6) is 0 Å². The van der Waals surface area contributed by atoms with E-state index in [0.717, 1.165) is 31.5 Å². The fraction of sp³-hybridized carbons (Fsp3) is 0.588. The van der Waals surface area contributed by atoms with Gasteiger partial charge < -0.3 is 15.0 Å². The Hall–Kier alpha value is -1.39. The maximum absolute atomic E-state index is 12.0. The Labute approximate surface area is 127 Å². The number of carbonyl (C=O) groups is 1. The third-order valence-electron chi connectivity index (χ3n) is 3.72. The van der Waals surface area contributed by atoms with Crippen molar-refractivity contribution in [3.63, 3.8) is 0 Å².